The summed E-state index contributed by atoms with van der Waals surface area (Å²) in [5, 5.41) is 27.2. The van der Waals surface area contributed by atoms with E-state index in [9.17, 15) is 5.11 Å². The molecule has 5 heterocycles. The number of aliphatic hydroxyl groups excluding tert-OH is 2. The van der Waals surface area contributed by atoms with Crippen molar-refractivity contribution in [3.63, 3.8) is 0 Å². The van der Waals surface area contributed by atoms with Crippen molar-refractivity contribution < 1.29 is 19.7 Å². The number of pyridine rings is 2. The van der Waals surface area contributed by atoms with Crippen molar-refractivity contribution in [1.82, 2.24) is 29.7 Å². The van der Waals surface area contributed by atoms with Gasteiger partial charge in [0.15, 0.2) is 11.4 Å². The van der Waals surface area contributed by atoms with Gasteiger partial charge in [0, 0.05) is 47.4 Å². The zero-order valence-corrected chi connectivity index (χ0v) is 20.1. The third-order valence-corrected chi connectivity index (χ3v) is 5.62. The van der Waals surface area contributed by atoms with E-state index in [1.807, 2.05) is 18.2 Å². The number of nitrogens with zero attached hydrogens (tertiary/aromatic N) is 6. The highest BCUT2D eigenvalue weighted by Crippen LogP contribution is 2.35. The normalized spacial score (nSPS) is 14.3. The van der Waals surface area contributed by atoms with Gasteiger partial charge in [0.25, 0.3) is 5.88 Å². The zero-order chi connectivity index (χ0) is 23.5. The van der Waals surface area contributed by atoms with Crippen LogP contribution < -0.4 is 14.8 Å². The largest absolute Gasteiger partial charge is 0.484 e. The molecule has 0 radical (unpaired) electrons. The van der Waals surface area contributed by atoms with E-state index in [0.29, 0.717) is 42.9 Å². The molecular formula is C23H27N7O4S. The molecule has 12 heteroatoms. The van der Waals surface area contributed by atoms with E-state index in [4.69, 9.17) is 14.6 Å². The Hall–Kier alpha value is -3.48. The molecule has 4 aromatic rings. The number of anilines is 1. The first kappa shape index (κ1) is 24.6. The molecule has 0 saturated heterocycles. The van der Waals surface area contributed by atoms with Gasteiger partial charge in [-0.15, -0.1) is 0 Å². The Morgan fingerprint density at radius 3 is 2.83 bits per heavy atom. The lowest BCUT2D eigenvalue weighted by atomic mass is 10.0. The van der Waals surface area contributed by atoms with Crippen molar-refractivity contribution in [2.24, 2.45) is 0 Å². The number of hydrogen-bond acceptors (Lipinski definition) is 10. The maximum absolute atomic E-state index is 9.69. The van der Waals surface area contributed by atoms with E-state index in [0.717, 1.165) is 22.2 Å². The van der Waals surface area contributed by atoms with Gasteiger partial charge in [-0.3, -0.25) is 0 Å². The second-order valence-corrected chi connectivity index (χ2v) is 8.10. The summed E-state index contributed by atoms with van der Waals surface area (Å²) in [4.78, 5) is 17.5. The van der Waals surface area contributed by atoms with Crippen LogP contribution in [0.25, 0.3) is 22.3 Å². The first-order valence-electron chi connectivity index (χ1n) is 11.0. The summed E-state index contributed by atoms with van der Waals surface area (Å²) in [5.74, 6) is 2.07. The van der Waals surface area contributed by atoms with Gasteiger partial charge < -0.3 is 25.0 Å². The molecule has 0 aromatic carbocycles. The zero-order valence-electron chi connectivity index (χ0n) is 19.1. The fourth-order valence-corrected chi connectivity index (χ4v) is 3.84. The van der Waals surface area contributed by atoms with Gasteiger partial charge in [-0.1, -0.05) is 6.92 Å². The number of fused-ring (bicyclic) bond motifs is 2. The number of ether oxygens (including phenoxy) is 2. The highest BCUT2D eigenvalue weighted by atomic mass is 32.1. The molecule has 0 bridgehead atoms. The molecule has 1 aliphatic rings. The molecule has 0 unspecified atom stereocenters. The van der Waals surface area contributed by atoms with E-state index in [2.05, 4.69) is 37.3 Å². The van der Waals surface area contributed by atoms with E-state index >= 15 is 0 Å². The fraction of sp³-hybridized carbons (Fsp3) is 0.348. The lowest BCUT2D eigenvalue weighted by Gasteiger charge is -2.22. The highest BCUT2D eigenvalue weighted by molar-refractivity contribution is 7.59. The van der Waals surface area contributed by atoms with E-state index < -0.39 is 6.10 Å². The van der Waals surface area contributed by atoms with Gasteiger partial charge in [-0.25, -0.2) is 24.6 Å². The van der Waals surface area contributed by atoms with Crippen molar-refractivity contribution >= 4 is 30.3 Å². The van der Waals surface area contributed by atoms with Crippen LogP contribution in [0.2, 0.25) is 0 Å². The molecule has 0 saturated carbocycles. The molecule has 184 valence electrons. The molecule has 11 nitrogen and oxygen atoms in total. The first-order chi connectivity index (χ1) is 16.6. The third-order valence-electron chi connectivity index (χ3n) is 5.62. The average molecular weight is 498 g/mol. The molecular weight excluding hydrogens is 470 g/mol. The monoisotopic (exact) mass is 497 g/mol. The highest BCUT2D eigenvalue weighted by Gasteiger charge is 2.21. The second-order valence-electron chi connectivity index (χ2n) is 8.10. The molecule has 5 rings (SSSR count). The lowest BCUT2D eigenvalue weighted by Crippen LogP contribution is -2.20. The number of aliphatic hydroxyl groups is 2. The molecule has 1 aliphatic heterocycles. The van der Waals surface area contributed by atoms with Crippen LogP contribution in [0.15, 0.2) is 43.1 Å². The minimum Gasteiger partial charge on any atom is -0.484 e. The standard InChI is InChI=1S/C23H25N7O4.H2S/c1-14(18-2-3-24-23-21(18)33-4-5-34-23)8-25-20-7-19(27-13-28-20)15-6-16-10-29-30(11-17(32)12-31)22(16)26-9-15;/h2-3,6-7,9-10,13-14,17,31-32H,4-5,8,11-12H2,1H3,(H,25,27,28);1H2/t14-,17-;/m1./s1. The predicted octanol–water partition coefficient (Wildman–Crippen LogP) is 1.74. The summed E-state index contributed by atoms with van der Waals surface area (Å²) in [6, 6.07) is 5.76. The molecule has 4 aromatic heterocycles. The molecule has 0 fully saturated rings. The number of aromatic nitrogens is 6. The first-order valence-corrected chi connectivity index (χ1v) is 11.0. The Balaban J connectivity index is 0.00000289. The van der Waals surface area contributed by atoms with E-state index in [1.54, 1.807) is 23.3 Å². The minimum atomic E-state index is -0.890. The van der Waals surface area contributed by atoms with Crippen molar-refractivity contribution in [3.05, 3.63) is 48.7 Å². The van der Waals surface area contributed by atoms with Gasteiger partial charge >= 0.3 is 0 Å². The van der Waals surface area contributed by atoms with Gasteiger partial charge in [-0.2, -0.15) is 18.6 Å². The Morgan fingerprint density at radius 1 is 1.11 bits per heavy atom. The van der Waals surface area contributed by atoms with Crippen molar-refractivity contribution in [2.75, 3.05) is 31.7 Å². The van der Waals surface area contributed by atoms with Gasteiger partial charge in [0.1, 0.15) is 25.4 Å². The van der Waals surface area contributed by atoms with Crippen LogP contribution in [0.1, 0.15) is 18.4 Å². The number of nitrogens with one attached hydrogen (secondary N) is 1. The van der Waals surface area contributed by atoms with Crippen LogP contribution in [0.3, 0.4) is 0 Å². The summed E-state index contributed by atoms with van der Waals surface area (Å²) in [5.41, 5.74) is 3.21. The van der Waals surface area contributed by atoms with Crippen molar-refractivity contribution in [2.45, 2.75) is 25.5 Å². The predicted molar refractivity (Wildman–Crippen MR) is 134 cm³/mol. The van der Waals surface area contributed by atoms with Crippen LogP contribution in [-0.2, 0) is 6.54 Å². The molecule has 3 N–H and O–H groups in total. The Morgan fingerprint density at radius 2 is 1.97 bits per heavy atom. The Kier molecular flexibility index (Phi) is 7.63. The fourth-order valence-electron chi connectivity index (χ4n) is 3.84. The summed E-state index contributed by atoms with van der Waals surface area (Å²) < 4.78 is 12.9. The van der Waals surface area contributed by atoms with Crippen molar-refractivity contribution in [3.8, 4) is 22.9 Å². The van der Waals surface area contributed by atoms with Crippen LogP contribution in [0, 0.1) is 0 Å². The molecule has 0 amide bonds. The topological polar surface area (TPSA) is 140 Å². The smallest absolute Gasteiger partial charge is 0.257 e. The van der Waals surface area contributed by atoms with Crippen LogP contribution in [0.5, 0.6) is 11.6 Å². The summed E-state index contributed by atoms with van der Waals surface area (Å²) in [7, 11) is 0. The van der Waals surface area contributed by atoms with E-state index in [1.165, 1.54) is 6.33 Å². The summed E-state index contributed by atoms with van der Waals surface area (Å²) in [6.45, 7) is 3.59. The Labute approximate surface area is 208 Å². The SMILES string of the molecule is C[C@H](CNc1cc(-c2cnc3c(cnn3C[C@@H](O)CO)c2)ncn1)c1ccnc2c1OCCO2.S. The Bertz CT molecular complexity index is 1300. The maximum Gasteiger partial charge on any atom is 0.257 e. The second kappa shape index (κ2) is 10.8. The summed E-state index contributed by atoms with van der Waals surface area (Å²) >= 11 is 0. The molecule has 0 spiro atoms. The van der Waals surface area contributed by atoms with Crippen LogP contribution >= 0.6 is 13.5 Å². The maximum atomic E-state index is 9.69. The number of rotatable bonds is 8. The minimum absolute atomic E-state index is 0. The van der Waals surface area contributed by atoms with Crippen LogP contribution in [-0.4, -0.2) is 72.4 Å². The van der Waals surface area contributed by atoms with Crippen LogP contribution in [0.4, 0.5) is 5.82 Å². The molecule has 35 heavy (non-hydrogen) atoms. The van der Waals surface area contributed by atoms with Gasteiger partial charge in [0.05, 0.1) is 31.1 Å². The third kappa shape index (κ3) is 5.29. The average Bonchev–Trinajstić information content (AvgIpc) is 3.28. The summed E-state index contributed by atoms with van der Waals surface area (Å²) in [6.07, 6.45) is 5.75. The quantitative estimate of drug-likeness (QED) is 0.330. The lowest BCUT2D eigenvalue weighted by molar-refractivity contribution is 0.0792. The van der Waals surface area contributed by atoms with Gasteiger partial charge in [-0.05, 0) is 12.1 Å². The van der Waals surface area contributed by atoms with Crippen molar-refractivity contribution in [1.29, 1.82) is 0 Å². The van der Waals surface area contributed by atoms with E-state index in [-0.39, 0.29) is 32.6 Å². The van der Waals surface area contributed by atoms with Gasteiger partial charge in [0.2, 0.25) is 0 Å². The molecule has 0 aliphatic carbocycles. The molecule has 2 atom stereocenters. The number of hydrogen-bond donors (Lipinski definition) is 3.